The summed E-state index contributed by atoms with van der Waals surface area (Å²) in [4.78, 5) is 3.11. The molecule has 0 amide bonds. The number of nitrogens with two attached hydrogens (primary N) is 1. The predicted octanol–water partition coefficient (Wildman–Crippen LogP) is 2.85. The van der Waals surface area contributed by atoms with Crippen LogP contribution < -0.4 is 5.73 Å². The minimum atomic E-state index is -0.288. The first-order valence-electron chi connectivity index (χ1n) is 5.16. The number of H-pyrrole nitrogens is 1. The molecule has 5 heteroatoms. The number of aryl methyl sites for hydroxylation is 1. The average molecular weight is 231 g/mol. The van der Waals surface area contributed by atoms with Gasteiger partial charge in [-0.1, -0.05) is 11.2 Å². The number of anilines is 1. The molecule has 0 radical (unpaired) electrons. The Morgan fingerprint density at radius 3 is 2.94 bits per heavy atom. The van der Waals surface area contributed by atoms with Gasteiger partial charge in [0, 0.05) is 28.2 Å². The molecule has 0 aliphatic carbocycles. The van der Waals surface area contributed by atoms with Crippen LogP contribution in [0.2, 0.25) is 0 Å². The van der Waals surface area contributed by atoms with Crippen LogP contribution >= 0.6 is 0 Å². The Morgan fingerprint density at radius 1 is 1.41 bits per heavy atom. The zero-order valence-electron chi connectivity index (χ0n) is 9.12. The van der Waals surface area contributed by atoms with Gasteiger partial charge in [-0.3, -0.25) is 0 Å². The summed E-state index contributed by atoms with van der Waals surface area (Å²) < 4.78 is 18.7. The quantitative estimate of drug-likeness (QED) is 0.676. The van der Waals surface area contributed by atoms with E-state index >= 15 is 0 Å². The van der Waals surface area contributed by atoms with E-state index in [1.165, 1.54) is 6.07 Å². The molecule has 17 heavy (non-hydrogen) atoms. The highest BCUT2D eigenvalue weighted by Gasteiger charge is 2.16. The summed E-state index contributed by atoms with van der Waals surface area (Å²) in [7, 11) is 0. The van der Waals surface area contributed by atoms with Crippen LogP contribution in [0.5, 0.6) is 0 Å². The van der Waals surface area contributed by atoms with E-state index in [-0.39, 0.29) is 11.7 Å². The lowest BCUT2D eigenvalue weighted by atomic mass is 10.1. The zero-order valence-corrected chi connectivity index (χ0v) is 9.12. The molecule has 3 aromatic rings. The molecule has 86 valence electrons. The van der Waals surface area contributed by atoms with E-state index in [4.69, 9.17) is 10.3 Å². The minimum absolute atomic E-state index is 0.213. The third-order valence-electron chi connectivity index (χ3n) is 2.75. The molecule has 0 aliphatic heterocycles. The number of rotatable bonds is 1. The van der Waals surface area contributed by atoms with E-state index in [1.54, 1.807) is 12.1 Å². The van der Waals surface area contributed by atoms with Crippen molar-refractivity contribution in [2.24, 2.45) is 0 Å². The fourth-order valence-corrected chi connectivity index (χ4v) is 2.06. The molecule has 1 aromatic carbocycles. The van der Waals surface area contributed by atoms with Crippen molar-refractivity contribution in [2.45, 2.75) is 6.92 Å². The second kappa shape index (κ2) is 3.35. The summed E-state index contributed by atoms with van der Waals surface area (Å²) in [5.41, 5.74) is 8.28. The van der Waals surface area contributed by atoms with Crippen LogP contribution in [0.1, 0.15) is 5.69 Å². The van der Waals surface area contributed by atoms with Gasteiger partial charge in [-0.2, -0.15) is 0 Å². The highest BCUT2D eigenvalue weighted by atomic mass is 19.1. The van der Waals surface area contributed by atoms with E-state index in [0.717, 1.165) is 11.2 Å². The number of halogens is 1. The molecule has 2 aromatic heterocycles. The smallest absolute Gasteiger partial charge is 0.222 e. The van der Waals surface area contributed by atoms with Crippen LogP contribution in [0.4, 0.5) is 10.3 Å². The van der Waals surface area contributed by atoms with Crippen molar-refractivity contribution in [1.82, 2.24) is 10.1 Å². The Balaban J connectivity index is 2.39. The van der Waals surface area contributed by atoms with Crippen molar-refractivity contribution >= 4 is 16.8 Å². The number of aromatic amines is 1. The number of aromatic nitrogens is 2. The summed E-state index contributed by atoms with van der Waals surface area (Å²) in [5, 5.41) is 4.34. The Bertz CT molecular complexity index is 699. The fourth-order valence-electron chi connectivity index (χ4n) is 2.06. The van der Waals surface area contributed by atoms with Crippen LogP contribution in [0, 0.1) is 12.7 Å². The Hall–Kier alpha value is -2.30. The van der Waals surface area contributed by atoms with E-state index in [0.29, 0.717) is 16.6 Å². The average Bonchev–Trinajstić information content (AvgIpc) is 2.82. The maximum absolute atomic E-state index is 13.8. The molecule has 2 heterocycles. The lowest BCUT2D eigenvalue weighted by Crippen LogP contribution is -1.81. The topological polar surface area (TPSA) is 67.8 Å². The molecular formula is C12H10FN3O. The monoisotopic (exact) mass is 231 g/mol. The number of nitrogen functional groups attached to an aromatic ring is 1. The van der Waals surface area contributed by atoms with Gasteiger partial charge in [-0.15, -0.1) is 0 Å². The Labute approximate surface area is 96.2 Å². The summed E-state index contributed by atoms with van der Waals surface area (Å²) in [6.07, 6.45) is 0. The largest absolute Gasteiger partial charge is 0.368 e. The molecule has 0 saturated carbocycles. The number of hydrogen-bond donors (Lipinski definition) is 2. The van der Waals surface area contributed by atoms with Crippen molar-refractivity contribution in [3.05, 3.63) is 35.8 Å². The summed E-state index contributed by atoms with van der Waals surface area (Å²) >= 11 is 0. The summed E-state index contributed by atoms with van der Waals surface area (Å²) in [6, 6.07) is 6.48. The number of benzene rings is 1. The van der Waals surface area contributed by atoms with Crippen molar-refractivity contribution in [3.63, 3.8) is 0 Å². The van der Waals surface area contributed by atoms with Crippen LogP contribution in [-0.4, -0.2) is 10.1 Å². The van der Waals surface area contributed by atoms with Gasteiger partial charge in [0.25, 0.3) is 0 Å². The molecular weight excluding hydrogens is 221 g/mol. The molecule has 4 nitrogen and oxygen atoms in total. The SMILES string of the molecule is Cc1[nH]c2cccc(F)c2c1-c1cc(N)on1. The van der Waals surface area contributed by atoms with E-state index in [1.807, 2.05) is 13.0 Å². The Morgan fingerprint density at radius 2 is 2.24 bits per heavy atom. The van der Waals surface area contributed by atoms with Gasteiger partial charge in [0.15, 0.2) is 0 Å². The lowest BCUT2D eigenvalue weighted by Gasteiger charge is -1.96. The second-order valence-electron chi connectivity index (χ2n) is 3.90. The third kappa shape index (κ3) is 1.39. The number of hydrogen-bond acceptors (Lipinski definition) is 3. The second-order valence-corrected chi connectivity index (χ2v) is 3.90. The first-order valence-corrected chi connectivity index (χ1v) is 5.16. The first-order chi connectivity index (χ1) is 8.16. The predicted molar refractivity (Wildman–Crippen MR) is 62.9 cm³/mol. The molecule has 0 unspecified atom stereocenters. The highest BCUT2D eigenvalue weighted by Crippen LogP contribution is 2.33. The van der Waals surface area contributed by atoms with Gasteiger partial charge >= 0.3 is 0 Å². The van der Waals surface area contributed by atoms with Crippen LogP contribution in [0.15, 0.2) is 28.8 Å². The zero-order chi connectivity index (χ0) is 12.0. The van der Waals surface area contributed by atoms with Gasteiger partial charge in [-0.05, 0) is 19.1 Å². The number of nitrogens with one attached hydrogen (secondary N) is 1. The summed E-state index contributed by atoms with van der Waals surface area (Å²) in [6.45, 7) is 1.86. The maximum atomic E-state index is 13.8. The van der Waals surface area contributed by atoms with E-state index in [9.17, 15) is 4.39 Å². The van der Waals surface area contributed by atoms with Crippen molar-refractivity contribution in [2.75, 3.05) is 5.73 Å². The number of fused-ring (bicyclic) bond motifs is 1. The van der Waals surface area contributed by atoms with Gasteiger partial charge in [-0.25, -0.2) is 4.39 Å². The first kappa shape index (κ1) is 9.89. The highest BCUT2D eigenvalue weighted by molar-refractivity contribution is 5.97. The van der Waals surface area contributed by atoms with Crippen LogP contribution in [0.3, 0.4) is 0 Å². The van der Waals surface area contributed by atoms with Crippen molar-refractivity contribution in [1.29, 1.82) is 0 Å². The molecule has 0 spiro atoms. The molecule has 0 saturated heterocycles. The Kier molecular flexibility index (Phi) is 1.95. The van der Waals surface area contributed by atoms with Gasteiger partial charge in [0.05, 0.1) is 0 Å². The standard InChI is InChI=1S/C12H10FN3O/c1-6-11(9-5-10(14)17-16-9)12-7(13)3-2-4-8(12)15-6/h2-5,15H,14H2,1H3. The van der Waals surface area contributed by atoms with Crippen LogP contribution in [-0.2, 0) is 0 Å². The molecule has 0 aliphatic rings. The molecule has 3 rings (SSSR count). The normalized spacial score (nSPS) is 11.2. The van der Waals surface area contributed by atoms with E-state index in [2.05, 4.69) is 10.1 Å². The lowest BCUT2D eigenvalue weighted by molar-refractivity contribution is 0.439. The fraction of sp³-hybridized carbons (Fsp3) is 0.0833. The molecule has 0 atom stereocenters. The molecule has 0 fully saturated rings. The molecule has 0 bridgehead atoms. The maximum Gasteiger partial charge on any atom is 0.222 e. The third-order valence-corrected chi connectivity index (χ3v) is 2.75. The summed E-state index contributed by atoms with van der Waals surface area (Å²) in [5.74, 6) is -0.0755. The van der Waals surface area contributed by atoms with Crippen molar-refractivity contribution in [3.8, 4) is 11.3 Å². The van der Waals surface area contributed by atoms with Gasteiger partial charge < -0.3 is 15.2 Å². The minimum Gasteiger partial charge on any atom is -0.368 e. The van der Waals surface area contributed by atoms with Gasteiger partial charge in [0.1, 0.15) is 11.5 Å². The van der Waals surface area contributed by atoms with Crippen LogP contribution in [0.25, 0.3) is 22.2 Å². The number of nitrogens with zero attached hydrogens (tertiary/aromatic N) is 1. The van der Waals surface area contributed by atoms with Crippen molar-refractivity contribution < 1.29 is 8.91 Å². The van der Waals surface area contributed by atoms with E-state index < -0.39 is 0 Å². The van der Waals surface area contributed by atoms with Gasteiger partial charge in [0.2, 0.25) is 5.88 Å². The molecule has 3 N–H and O–H groups in total.